The van der Waals surface area contributed by atoms with Gasteiger partial charge in [0.15, 0.2) is 0 Å². The Morgan fingerprint density at radius 3 is 2.53 bits per heavy atom. The Morgan fingerprint density at radius 2 is 1.77 bits per heavy atom. The van der Waals surface area contributed by atoms with E-state index in [0.29, 0.717) is 29.0 Å². The number of para-hydroxylation sites is 1. The zero-order chi connectivity index (χ0) is 21.5. The van der Waals surface area contributed by atoms with E-state index in [-0.39, 0.29) is 5.91 Å². The van der Waals surface area contributed by atoms with Crippen LogP contribution in [0.3, 0.4) is 0 Å². The lowest BCUT2D eigenvalue weighted by Gasteiger charge is -2.12. The fourth-order valence-electron chi connectivity index (χ4n) is 2.96. The van der Waals surface area contributed by atoms with Gasteiger partial charge in [-0.3, -0.25) is 9.69 Å². The van der Waals surface area contributed by atoms with Gasteiger partial charge in [0.1, 0.15) is 15.8 Å². The fourth-order valence-corrected chi connectivity index (χ4v) is 4.23. The van der Waals surface area contributed by atoms with Gasteiger partial charge < -0.3 is 9.47 Å². The van der Waals surface area contributed by atoms with E-state index in [1.54, 1.807) is 11.0 Å². The Balaban J connectivity index is 1.58. The van der Waals surface area contributed by atoms with E-state index in [0.717, 1.165) is 29.0 Å². The van der Waals surface area contributed by atoms with Crippen LogP contribution >= 0.6 is 24.0 Å². The molecule has 0 saturated carbocycles. The van der Waals surface area contributed by atoms with Gasteiger partial charge >= 0.3 is 0 Å². The topological polar surface area (TPSA) is 38.8 Å². The van der Waals surface area contributed by atoms with Crippen LogP contribution in [0.2, 0.25) is 0 Å². The van der Waals surface area contributed by atoms with E-state index in [4.69, 9.17) is 21.7 Å². The van der Waals surface area contributed by atoms with Crippen LogP contribution in [0.25, 0.3) is 6.08 Å². The van der Waals surface area contributed by atoms with Crippen LogP contribution < -0.4 is 9.47 Å². The van der Waals surface area contributed by atoms with E-state index >= 15 is 0 Å². The zero-order valence-corrected chi connectivity index (χ0v) is 18.9. The highest BCUT2D eigenvalue weighted by Gasteiger charge is 2.31. The highest BCUT2D eigenvalue weighted by atomic mass is 32.2. The molecule has 2 aromatic carbocycles. The van der Waals surface area contributed by atoms with Gasteiger partial charge in [-0.2, -0.15) is 0 Å². The molecule has 1 aliphatic heterocycles. The first-order valence-electron chi connectivity index (χ1n) is 9.78. The molecule has 0 radical (unpaired) electrons. The predicted octanol–water partition coefficient (Wildman–Crippen LogP) is 5.54. The quantitative estimate of drug-likeness (QED) is 0.222. The van der Waals surface area contributed by atoms with Gasteiger partial charge in [-0.1, -0.05) is 60.4 Å². The van der Waals surface area contributed by atoms with Crippen molar-refractivity contribution in [2.45, 2.75) is 20.3 Å². The number of carbonyl (C=O) groups is 1. The molecule has 30 heavy (non-hydrogen) atoms. The van der Waals surface area contributed by atoms with Crippen molar-refractivity contribution >= 4 is 40.3 Å². The van der Waals surface area contributed by atoms with Crippen LogP contribution in [-0.4, -0.2) is 34.9 Å². The lowest BCUT2D eigenvalue weighted by Crippen LogP contribution is -2.27. The van der Waals surface area contributed by atoms with Gasteiger partial charge in [-0.25, -0.2) is 0 Å². The summed E-state index contributed by atoms with van der Waals surface area (Å²) in [7, 11) is 0. The molecule has 3 rings (SSSR count). The van der Waals surface area contributed by atoms with E-state index in [1.807, 2.05) is 42.5 Å². The number of aryl methyl sites for hydroxylation is 1. The first kappa shape index (κ1) is 22.1. The average Bonchev–Trinajstić information content (AvgIpc) is 2.99. The molecule has 4 nitrogen and oxygen atoms in total. The summed E-state index contributed by atoms with van der Waals surface area (Å²) in [6.07, 6.45) is 4.26. The normalized spacial score (nSPS) is 15.0. The number of rotatable bonds is 9. The van der Waals surface area contributed by atoms with Gasteiger partial charge in [0.25, 0.3) is 5.91 Å². The molecule has 1 saturated heterocycles. The highest BCUT2D eigenvalue weighted by molar-refractivity contribution is 8.26. The molecule has 0 unspecified atom stereocenters. The molecule has 2 aromatic rings. The number of carbonyl (C=O) groups excluding carboxylic acids is 1. The van der Waals surface area contributed by atoms with Gasteiger partial charge in [0.2, 0.25) is 0 Å². The van der Waals surface area contributed by atoms with E-state index in [1.165, 1.54) is 17.3 Å². The molecule has 1 amide bonds. The third-order valence-corrected chi connectivity index (χ3v) is 6.13. The monoisotopic (exact) mass is 439 g/mol. The number of hydrogen-bond acceptors (Lipinski definition) is 5. The molecule has 1 fully saturated rings. The minimum Gasteiger partial charge on any atom is -0.493 e. The second-order valence-corrected chi connectivity index (χ2v) is 8.54. The van der Waals surface area contributed by atoms with Gasteiger partial charge in [0.05, 0.1) is 18.1 Å². The van der Waals surface area contributed by atoms with Crippen molar-refractivity contribution < 1.29 is 14.3 Å². The molecule has 6 heteroatoms. The SMILES string of the molecule is C=CCN1C(=O)/C(=C\c2ccccc2OCCCOc2cccc(C)c2C)SC1=S. The molecule has 0 aliphatic carbocycles. The number of benzene rings is 2. The Labute approximate surface area is 187 Å². The van der Waals surface area contributed by atoms with Crippen LogP contribution in [0, 0.1) is 13.8 Å². The second kappa shape index (κ2) is 10.5. The largest absolute Gasteiger partial charge is 0.493 e. The fraction of sp³-hybridized carbons (Fsp3) is 0.250. The Hall–Kier alpha value is -2.57. The Kier molecular flexibility index (Phi) is 7.71. The smallest absolute Gasteiger partial charge is 0.266 e. The number of ether oxygens (including phenoxy) is 2. The maximum Gasteiger partial charge on any atom is 0.266 e. The van der Waals surface area contributed by atoms with Crippen molar-refractivity contribution in [3.05, 3.63) is 76.7 Å². The molecule has 0 aromatic heterocycles. The summed E-state index contributed by atoms with van der Waals surface area (Å²) in [4.78, 5) is 14.7. The molecule has 1 aliphatic rings. The number of thiocarbonyl (C=S) groups is 1. The molecule has 0 spiro atoms. The van der Waals surface area contributed by atoms with Crippen molar-refractivity contribution in [2.24, 2.45) is 0 Å². The minimum atomic E-state index is -0.0957. The number of amides is 1. The first-order chi connectivity index (χ1) is 14.5. The summed E-state index contributed by atoms with van der Waals surface area (Å²) in [5.41, 5.74) is 3.24. The van der Waals surface area contributed by atoms with E-state index in [2.05, 4.69) is 26.5 Å². The maximum atomic E-state index is 12.6. The zero-order valence-electron chi connectivity index (χ0n) is 17.2. The molecular weight excluding hydrogens is 414 g/mol. The molecule has 0 N–H and O–H groups in total. The van der Waals surface area contributed by atoms with Crippen LogP contribution in [0.1, 0.15) is 23.1 Å². The van der Waals surface area contributed by atoms with Crippen molar-refractivity contribution in [1.29, 1.82) is 0 Å². The summed E-state index contributed by atoms with van der Waals surface area (Å²) < 4.78 is 12.4. The highest BCUT2D eigenvalue weighted by Crippen LogP contribution is 2.34. The summed E-state index contributed by atoms with van der Waals surface area (Å²) >= 11 is 6.60. The predicted molar refractivity (Wildman–Crippen MR) is 128 cm³/mol. The molecule has 156 valence electrons. The van der Waals surface area contributed by atoms with E-state index < -0.39 is 0 Å². The summed E-state index contributed by atoms with van der Waals surface area (Å²) in [6, 6.07) is 13.7. The number of hydrogen-bond donors (Lipinski definition) is 0. The third kappa shape index (κ3) is 5.32. The number of thioether (sulfide) groups is 1. The van der Waals surface area contributed by atoms with Crippen molar-refractivity contribution in [3.63, 3.8) is 0 Å². The third-order valence-electron chi connectivity index (χ3n) is 4.75. The molecule has 0 bridgehead atoms. The average molecular weight is 440 g/mol. The number of nitrogens with zero attached hydrogens (tertiary/aromatic N) is 1. The van der Waals surface area contributed by atoms with Gasteiger partial charge in [-0.05, 0) is 43.2 Å². The van der Waals surface area contributed by atoms with Crippen LogP contribution in [0.4, 0.5) is 0 Å². The first-order valence-corrected chi connectivity index (χ1v) is 11.0. The summed E-state index contributed by atoms with van der Waals surface area (Å²) in [5, 5.41) is 0. The Bertz CT molecular complexity index is 984. The second-order valence-electron chi connectivity index (χ2n) is 6.87. The van der Waals surface area contributed by atoms with Gasteiger partial charge in [0, 0.05) is 18.5 Å². The molecular formula is C24H25NO3S2. The maximum absolute atomic E-state index is 12.6. The van der Waals surface area contributed by atoms with Crippen LogP contribution in [0.15, 0.2) is 60.0 Å². The molecule has 1 heterocycles. The van der Waals surface area contributed by atoms with Crippen molar-refractivity contribution in [3.8, 4) is 11.5 Å². The lowest BCUT2D eigenvalue weighted by atomic mass is 10.1. The summed E-state index contributed by atoms with van der Waals surface area (Å²) in [6.45, 7) is 9.34. The standard InChI is InChI=1S/C24H25NO3S2/c1-4-13-25-23(26)22(30-24(25)29)16-19-10-5-6-11-21(19)28-15-8-14-27-20-12-7-9-17(2)18(20)3/h4-7,9-12,16H,1,8,13-15H2,2-3H3/b22-16+. The van der Waals surface area contributed by atoms with Crippen molar-refractivity contribution in [2.75, 3.05) is 19.8 Å². The van der Waals surface area contributed by atoms with Crippen LogP contribution in [-0.2, 0) is 4.79 Å². The minimum absolute atomic E-state index is 0.0957. The Morgan fingerprint density at radius 1 is 1.07 bits per heavy atom. The lowest BCUT2D eigenvalue weighted by molar-refractivity contribution is -0.121. The summed E-state index contributed by atoms with van der Waals surface area (Å²) in [5.74, 6) is 1.55. The van der Waals surface area contributed by atoms with Crippen molar-refractivity contribution in [1.82, 2.24) is 4.90 Å². The molecule has 0 atom stereocenters. The van der Waals surface area contributed by atoms with Gasteiger partial charge in [-0.15, -0.1) is 6.58 Å². The van der Waals surface area contributed by atoms with E-state index in [9.17, 15) is 4.79 Å². The van der Waals surface area contributed by atoms with Crippen LogP contribution in [0.5, 0.6) is 11.5 Å².